The summed E-state index contributed by atoms with van der Waals surface area (Å²) < 4.78 is 37.7. The first-order valence-corrected chi connectivity index (χ1v) is 5.73. The molecule has 1 aromatic rings. The highest BCUT2D eigenvalue weighted by Crippen LogP contribution is 2.35. The third-order valence-corrected chi connectivity index (χ3v) is 2.98. The van der Waals surface area contributed by atoms with Gasteiger partial charge in [-0.1, -0.05) is 32.4 Å². The molecule has 1 atom stereocenters. The maximum absolute atomic E-state index is 12.6. The normalized spacial score (nSPS) is 15.6. The summed E-state index contributed by atoms with van der Waals surface area (Å²) in [6.45, 7) is 3.67. The summed E-state index contributed by atoms with van der Waals surface area (Å²) in [5.41, 5.74) is -1.52. The maximum atomic E-state index is 12.6. The van der Waals surface area contributed by atoms with Gasteiger partial charge in [0.2, 0.25) is 0 Å². The van der Waals surface area contributed by atoms with Crippen molar-refractivity contribution in [1.82, 2.24) is 0 Å². The molecule has 0 bridgehead atoms. The predicted molar refractivity (Wildman–Crippen MR) is 60.5 cm³/mol. The number of hydrogen-bond donors (Lipinski definition) is 1. The highest BCUT2D eigenvalue weighted by atomic mass is 19.4. The van der Waals surface area contributed by atoms with Crippen LogP contribution >= 0.6 is 0 Å². The Bertz CT molecular complexity index is 373. The zero-order chi connectivity index (χ0) is 13.1. The van der Waals surface area contributed by atoms with Gasteiger partial charge in [0.15, 0.2) is 0 Å². The van der Waals surface area contributed by atoms with Gasteiger partial charge in [-0.05, 0) is 30.5 Å². The smallest absolute Gasteiger partial charge is 0.385 e. The van der Waals surface area contributed by atoms with Gasteiger partial charge in [0, 0.05) is 0 Å². The Morgan fingerprint density at radius 3 is 2.18 bits per heavy atom. The molecule has 0 aliphatic carbocycles. The van der Waals surface area contributed by atoms with Crippen molar-refractivity contribution in [1.29, 1.82) is 0 Å². The van der Waals surface area contributed by atoms with E-state index in [1.165, 1.54) is 6.07 Å². The molecule has 0 aliphatic heterocycles. The van der Waals surface area contributed by atoms with Crippen molar-refractivity contribution >= 4 is 0 Å². The molecule has 1 aromatic carbocycles. The Hall–Kier alpha value is -1.03. The number of benzene rings is 1. The maximum Gasteiger partial charge on any atom is 0.416 e. The van der Waals surface area contributed by atoms with Crippen LogP contribution in [-0.2, 0) is 11.8 Å². The van der Waals surface area contributed by atoms with E-state index in [0.717, 1.165) is 18.6 Å². The van der Waals surface area contributed by atoms with Crippen molar-refractivity contribution in [3.63, 3.8) is 0 Å². The second kappa shape index (κ2) is 5.08. The molecule has 0 spiro atoms. The van der Waals surface area contributed by atoms with Gasteiger partial charge in [-0.3, -0.25) is 0 Å². The fourth-order valence-corrected chi connectivity index (χ4v) is 1.92. The average molecular weight is 246 g/mol. The van der Waals surface area contributed by atoms with E-state index < -0.39 is 17.3 Å². The minimum Gasteiger partial charge on any atom is -0.385 e. The second-order valence-corrected chi connectivity index (χ2v) is 4.21. The molecule has 0 saturated carbocycles. The Balaban J connectivity index is 3.14. The van der Waals surface area contributed by atoms with Crippen molar-refractivity contribution in [3.05, 3.63) is 35.4 Å². The van der Waals surface area contributed by atoms with E-state index >= 15 is 0 Å². The Labute approximate surface area is 99.3 Å². The van der Waals surface area contributed by atoms with Gasteiger partial charge < -0.3 is 5.11 Å². The van der Waals surface area contributed by atoms with Crippen LogP contribution in [0.2, 0.25) is 0 Å². The van der Waals surface area contributed by atoms with Crippen molar-refractivity contribution in [2.45, 2.75) is 44.9 Å². The van der Waals surface area contributed by atoms with E-state index in [-0.39, 0.29) is 0 Å². The first-order chi connectivity index (χ1) is 7.83. The summed E-state index contributed by atoms with van der Waals surface area (Å²) in [6, 6.07) is 4.95. The fourth-order valence-electron chi connectivity index (χ4n) is 1.92. The summed E-state index contributed by atoms with van der Waals surface area (Å²) in [4.78, 5) is 0. The zero-order valence-electron chi connectivity index (χ0n) is 10.0. The highest BCUT2D eigenvalue weighted by molar-refractivity contribution is 5.29. The largest absolute Gasteiger partial charge is 0.416 e. The predicted octanol–water partition coefficient (Wildman–Crippen LogP) is 4.10. The molecule has 1 rings (SSSR count). The van der Waals surface area contributed by atoms with Gasteiger partial charge in [-0.25, -0.2) is 0 Å². The molecule has 0 aliphatic rings. The zero-order valence-corrected chi connectivity index (χ0v) is 10.0. The average Bonchev–Trinajstić information content (AvgIpc) is 2.28. The van der Waals surface area contributed by atoms with Crippen LogP contribution < -0.4 is 0 Å². The Kier molecular flexibility index (Phi) is 4.20. The highest BCUT2D eigenvalue weighted by Gasteiger charge is 2.33. The molecular weight excluding hydrogens is 229 g/mol. The van der Waals surface area contributed by atoms with E-state index in [4.69, 9.17) is 0 Å². The monoisotopic (exact) mass is 246 g/mol. The van der Waals surface area contributed by atoms with E-state index in [9.17, 15) is 18.3 Å². The second-order valence-electron chi connectivity index (χ2n) is 4.21. The molecule has 4 heteroatoms. The molecule has 0 aromatic heterocycles. The number of aliphatic hydroxyl groups is 1. The standard InChI is InChI=1S/C13H17F3O/c1-3-8-12(17,4-2)10-6-5-7-11(9-10)13(14,15)16/h5-7,9,17H,3-4,8H2,1-2H3. The van der Waals surface area contributed by atoms with Crippen molar-refractivity contribution in [3.8, 4) is 0 Å². The number of halogens is 3. The molecule has 96 valence electrons. The summed E-state index contributed by atoms with van der Waals surface area (Å²) in [5, 5.41) is 10.3. The molecule has 0 saturated heterocycles. The van der Waals surface area contributed by atoms with Crippen LogP contribution in [-0.4, -0.2) is 5.11 Å². The molecule has 0 heterocycles. The van der Waals surface area contributed by atoms with Gasteiger partial charge in [-0.15, -0.1) is 0 Å². The SMILES string of the molecule is CCCC(O)(CC)c1cccc(C(F)(F)F)c1. The lowest BCUT2D eigenvalue weighted by molar-refractivity contribution is -0.137. The molecule has 0 fully saturated rings. The Morgan fingerprint density at radius 1 is 1.12 bits per heavy atom. The summed E-state index contributed by atoms with van der Waals surface area (Å²) in [5.74, 6) is 0. The van der Waals surface area contributed by atoms with Crippen LogP contribution in [0.4, 0.5) is 13.2 Å². The number of rotatable bonds is 4. The number of alkyl halides is 3. The van der Waals surface area contributed by atoms with Crippen molar-refractivity contribution in [2.24, 2.45) is 0 Å². The fraction of sp³-hybridized carbons (Fsp3) is 0.538. The van der Waals surface area contributed by atoms with Crippen LogP contribution in [0.3, 0.4) is 0 Å². The van der Waals surface area contributed by atoms with Crippen LogP contribution in [0.25, 0.3) is 0 Å². The summed E-state index contributed by atoms with van der Waals surface area (Å²) in [6.07, 6.45) is -2.77. The van der Waals surface area contributed by atoms with Crippen molar-refractivity contribution < 1.29 is 18.3 Å². The lowest BCUT2D eigenvalue weighted by Crippen LogP contribution is -2.25. The lowest BCUT2D eigenvalue weighted by atomic mass is 9.86. The molecular formula is C13H17F3O. The first-order valence-electron chi connectivity index (χ1n) is 5.73. The lowest BCUT2D eigenvalue weighted by Gasteiger charge is -2.27. The Morgan fingerprint density at radius 2 is 1.71 bits per heavy atom. The minimum absolute atomic E-state index is 0.344. The summed E-state index contributed by atoms with van der Waals surface area (Å²) >= 11 is 0. The molecule has 1 N–H and O–H groups in total. The molecule has 1 nitrogen and oxygen atoms in total. The topological polar surface area (TPSA) is 20.2 Å². The third-order valence-electron chi connectivity index (χ3n) is 2.98. The minimum atomic E-state index is -4.36. The van der Waals surface area contributed by atoms with Crippen LogP contribution in [0.15, 0.2) is 24.3 Å². The van der Waals surface area contributed by atoms with Crippen LogP contribution in [0, 0.1) is 0 Å². The van der Waals surface area contributed by atoms with Crippen LogP contribution in [0.5, 0.6) is 0 Å². The van der Waals surface area contributed by atoms with Gasteiger partial charge in [0.25, 0.3) is 0 Å². The molecule has 0 amide bonds. The van der Waals surface area contributed by atoms with E-state index in [1.807, 2.05) is 6.92 Å². The van der Waals surface area contributed by atoms with Gasteiger partial charge in [-0.2, -0.15) is 13.2 Å². The number of hydrogen-bond acceptors (Lipinski definition) is 1. The summed E-state index contributed by atoms with van der Waals surface area (Å²) in [7, 11) is 0. The van der Waals surface area contributed by atoms with Crippen LogP contribution in [0.1, 0.15) is 44.2 Å². The van der Waals surface area contributed by atoms with Gasteiger partial charge in [0.05, 0.1) is 11.2 Å². The van der Waals surface area contributed by atoms with E-state index in [0.29, 0.717) is 18.4 Å². The van der Waals surface area contributed by atoms with Crippen molar-refractivity contribution in [2.75, 3.05) is 0 Å². The molecule has 17 heavy (non-hydrogen) atoms. The quantitative estimate of drug-likeness (QED) is 0.847. The molecule has 1 unspecified atom stereocenters. The van der Waals surface area contributed by atoms with E-state index in [1.54, 1.807) is 13.0 Å². The van der Waals surface area contributed by atoms with E-state index in [2.05, 4.69) is 0 Å². The van der Waals surface area contributed by atoms with Gasteiger partial charge >= 0.3 is 6.18 Å². The van der Waals surface area contributed by atoms with Gasteiger partial charge in [0.1, 0.15) is 0 Å². The molecule has 0 radical (unpaired) electrons. The first kappa shape index (κ1) is 14.0. The third kappa shape index (κ3) is 3.22.